The number of alkyl halides is 3. The summed E-state index contributed by atoms with van der Waals surface area (Å²) in [5, 5.41) is 2.88. The molecule has 8 heteroatoms. The Balaban J connectivity index is 2.18. The molecule has 1 saturated heterocycles. The number of sulfone groups is 1. The van der Waals surface area contributed by atoms with E-state index in [-0.39, 0.29) is 27.7 Å². The maximum Gasteiger partial charge on any atom is 0.417 e. The predicted molar refractivity (Wildman–Crippen MR) is 74.4 cm³/mol. The van der Waals surface area contributed by atoms with Crippen LogP contribution in [0, 0.1) is 0 Å². The zero-order chi connectivity index (χ0) is 15.0. The molecule has 0 radical (unpaired) electrons. The zero-order valence-corrected chi connectivity index (χ0v) is 12.8. The van der Waals surface area contributed by atoms with E-state index < -0.39 is 21.6 Å². The van der Waals surface area contributed by atoms with Crippen LogP contribution in [0.2, 0.25) is 0 Å². The molecule has 1 atom stereocenters. The molecule has 1 heterocycles. The van der Waals surface area contributed by atoms with Gasteiger partial charge in [0.2, 0.25) is 0 Å². The second-order valence-corrected chi connectivity index (χ2v) is 7.87. The lowest BCUT2D eigenvalue weighted by molar-refractivity contribution is -0.138. The van der Waals surface area contributed by atoms with E-state index in [2.05, 4.69) is 21.2 Å². The molecule has 1 aliphatic rings. The predicted octanol–water partition coefficient (Wildman–Crippen LogP) is 3.46. The summed E-state index contributed by atoms with van der Waals surface area (Å²) in [5.41, 5.74) is -0.496. The molecule has 2 rings (SSSR count). The molecule has 20 heavy (non-hydrogen) atoms. The first-order valence-corrected chi connectivity index (χ1v) is 8.62. The van der Waals surface area contributed by atoms with Crippen molar-refractivity contribution < 1.29 is 21.6 Å². The lowest BCUT2D eigenvalue weighted by Gasteiger charge is -2.24. The molecule has 0 aliphatic carbocycles. The fourth-order valence-corrected chi connectivity index (χ4v) is 4.31. The Morgan fingerprint density at radius 1 is 1.30 bits per heavy atom. The van der Waals surface area contributed by atoms with Gasteiger partial charge in [0.1, 0.15) is 0 Å². The van der Waals surface area contributed by atoms with Crippen molar-refractivity contribution in [2.24, 2.45) is 0 Å². The van der Waals surface area contributed by atoms with E-state index in [1.54, 1.807) is 0 Å². The van der Waals surface area contributed by atoms with Crippen molar-refractivity contribution in [1.82, 2.24) is 0 Å². The third-order valence-corrected chi connectivity index (χ3v) is 5.62. The Hall–Kier alpha value is -0.760. The number of halogens is 4. The van der Waals surface area contributed by atoms with Crippen LogP contribution in [-0.2, 0) is 16.0 Å². The summed E-state index contributed by atoms with van der Waals surface area (Å²) in [6, 6.07) is 3.46. The van der Waals surface area contributed by atoms with Crippen molar-refractivity contribution in [3.05, 3.63) is 28.2 Å². The van der Waals surface area contributed by atoms with Gasteiger partial charge in [0.25, 0.3) is 0 Å². The molecule has 1 N–H and O–H groups in total. The molecule has 112 valence electrons. The highest BCUT2D eigenvalue weighted by molar-refractivity contribution is 9.10. The normalized spacial score (nSPS) is 22.5. The van der Waals surface area contributed by atoms with E-state index >= 15 is 0 Å². The minimum atomic E-state index is -4.45. The van der Waals surface area contributed by atoms with E-state index in [1.165, 1.54) is 12.1 Å². The van der Waals surface area contributed by atoms with Gasteiger partial charge in [-0.2, -0.15) is 13.2 Å². The first kappa shape index (κ1) is 15.6. The minimum absolute atomic E-state index is 0.0354. The Bertz CT molecular complexity index is 601. The summed E-state index contributed by atoms with van der Waals surface area (Å²) >= 11 is 2.87. The number of rotatable bonds is 2. The van der Waals surface area contributed by atoms with E-state index in [9.17, 15) is 21.6 Å². The first-order chi connectivity index (χ1) is 9.17. The zero-order valence-electron chi connectivity index (χ0n) is 10.4. The fourth-order valence-electron chi connectivity index (χ4n) is 2.20. The van der Waals surface area contributed by atoms with Crippen LogP contribution in [0.5, 0.6) is 0 Å². The molecule has 0 bridgehead atoms. The van der Waals surface area contributed by atoms with Gasteiger partial charge in [0, 0.05) is 16.2 Å². The molecule has 1 aromatic carbocycles. The van der Waals surface area contributed by atoms with Crippen molar-refractivity contribution in [2.45, 2.75) is 25.1 Å². The summed E-state index contributed by atoms with van der Waals surface area (Å²) in [5.74, 6) is 0.115. The number of benzene rings is 1. The van der Waals surface area contributed by atoms with Gasteiger partial charge in [-0.3, -0.25) is 0 Å². The number of hydrogen-bond donors (Lipinski definition) is 1. The van der Waals surface area contributed by atoms with Crippen molar-refractivity contribution in [3.63, 3.8) is 0 Å². The molecule has 1 aromatic rings. The second-order valence-electron chi connectivity index (χ2n) is 4.79. The molecule has 1 unspecified atom stereocenters. The third kappa shape index (κ3) is 3.88. The van der Waals surface area contributed by atoms with Gasteiger partial charge in [0.05, 0.1) is 17.1 Å². The maximum absolute atomic E-state index is 12.8. The molecular formula is C12H13BrF3NO2S. The topological polar surface area (TPSA) is 46.2 Å². The van der Waals surface area contributed by atoms with Crippen LogP contribution < -0.4 is 5.32 Å². The average Bonchev–Trinajstić information content (AvgIpc) is 2.29. The SMILES string of the molecule is O=S1(=O)CCCC(Nc2ccc(Br)c(C(F)(F)F)c2)C1. The van der Waals surface area contributed by atoms with Gasteiger partial charge in [-0.15, -0.1) is 0 Å². The van der Waals surface area contributed by atoms with Crippen molar-refractivity contribution in [1.29, 1.82) is 0 Å². The summed E-state index contributed by atoms with van der Waals surface area (Å²) in [7, 11) is -3.09. The van der Waals surface area contributed by atoms with E-state index in [0.717, 1.165) is 6.07 Å². The van der Waals surface area contributed by atoms with Gasteiger partial charge in [-0.25, -0.2) is 8.42 Å². The van der Waals surface area contributed by atoms with Crippen LogP contribution in [-0.4, -0.2) is 26.0 Å². The first-order valence-electron chi connectivity index (χ1n) is 6.01. The summed E-state index contributed by atoms with van der Waals surface area (Å²) in [6.45, 7) is 0. The summed E-state index contributed by atoms with van der Waals surface area (Å²) in [4.78, 5) is 0. The van der Waals surface area contributed by atoms with Crippen LogP contribution in [0.4, 0.5) is 18.9 Å². The molecule has 0 saturated carbocycles. The van der Waals surface area contributed by atoms with E-state index in [4.69, 9.17) is 0 Å². The summed E-state index contributed by atoms with van der Waals surface area (Å²) in [6.07, 6.45) is -3.28. The number of hydrogen-bond acceptors (Lipinski definition) is 3. The van der Waals surface area contributed by atoms with Crippen molar-refractivity contribution in [3.8, 4) is 0 Å². The van der Waals surface area contributed by atoms with Crippen LogP contribution in [0.3, 0.4) is 0 Å². The second kappa shape index (κ2) is 5.55. The van der Waals surface area contributed by atoms with E-state index in [0.29, 0.717) is 12.8 Å². The Kier molecular flexibility index (Phi) is 4.34. The largest absolute Gasteiger partial charge is 0.417 e. The van der Waals surface area contributed by atoms with E-state index in [1.807, 2.05) is 0 Å². The Morgan fingerprint density at radius 3 is 2.60 bits per heavy atom. The highest BCUT2D eigenvalue weighted by atomic mass is 79.9. The van der Waals surface area contributed by atoms with Crippen molar-refractivity contribution in [2.75, 3.05) is 16.8 Å². The fraction of sp³-hybridized carbons (Fsp3) is 0.500. The molecule has 1 aliphatic heterocycles. The smallest absolute Gasteiger partial charge is 0.381 e. The van der Waals surface area contributed by atoms with Crippen LogP contribution >= 0.6 is 15.9 Å². The van der Waals surface area contributed by atoms with Crippen molar-refractivity contribution >= 4 is 31.5 Å². The maximum atomic E-state index is 12.8. The highest BCUT2D eigenvalue weighted by Gasteiger charge is 2.33. The molecule has 1 fully saturated rings. The Morgan fingerprint density at radius 2 is 2.00 bits per heavy atom. The lowest BCUT2D eigenvalue weighted by atomic mass is 10.1. The van der Waals surface area contributed by atoms with Crippen LogP contribution in [0.25, 0.3) is 0 Å². The van der Waals surface area contributed by atoms with Crippen LogP contribution in [0.1, 0.15) is 18.4 Å². The number of anilines is 1. The van der Waals surface area contributed by atoms with Gasteiger partial charge in [-0.05, 0) is 31.0 Å². The molecule has 3 nitrogen and oxygen atoms in total. The Labute approximate surface area is 123 Å². The highest BCUT2D eigenvalue weighted by Crippen LogP contribution is 2.36. The monoisotopic (exact) mass is 371 g/mol. The molecule has 0 aromatic heterocycles. The third-order valence-electron chi connectivity index (χ3n) is 3.11. The average molecular weight is 372 g/mol. The lowest BCUT2D eigenvalue weighted by Crippen LogP contribution is -2.34. The molecule has 0 spiro atoms. The number of nitrogens with one attached hydrogen (secondary N) is 1. The van der Waals surface area contributed by atoms with Gasteiger partial charge < -0.3 is 5.32 Å². The minimum Gasteiger partial charge on any atom is -0.381 e. The quantitative estimate of drug-likeness (QED) is 0.865. The van der Waals surface area contributed by atoms with Gasteiger partial charge in [-0.1, -0.05) is 15.9 Å². The summed E-state index contributed by atoms with van der Waals surface area (Å²) < 4.78 is 61.3. The molecular weight excluding hydrogens is 359 g/mol. The van der Waals surface area contributed by atoms with Crippen LogP contribution in [0.15, 0.2) is 22.7 Å². The molecule has 0 amide bonds. The standard InChI is InChI=1S/C12H13BrF3NO2S/c13-11-4-3-8(6-10(11)12(14,15)16)17-9-2-1-5-20(18,19)7-9/h3-4,6,9,17H,1-2,5,7H2. The van der Waals surface area contributed by atoms with Gasteiger partial charge >= 0.3 is 6.18 Å². The van der Waals surface area contributed by atoms with Gasteiger partial charge in [0.15, 0.2) is 9.84 Å².